The highest BCUT2D eigenvalue weighted by molar-refractivity contribution is 6.29. The third-order valence-corrected chi connectivity index (χ3v) is 2.79. The van der Waals surface area contributed by atoms with E-state index in [1.54, 1.807) is 6.92 Å². The molecule has 2 aromatic rings. The van der Waals surface area contributed by atoms with Crippen LogP contribution in [0.1, 0.15) is 16.1 Å². The fourth-order valence-electron chi connectivity index (χ4n) is 1.67. The van der Waals surface area contributed by atoms with Crippen molar-refractivity contribution >= 4 is 28.9 Å². The van der Waals surface area contributed by atoms with Gasteiger partial charge in [0.15, 0.2) is 5.82 Å². The summed E-state index contributed by atoms with van der Waals surface area (Å²) in [5.41, 5.74) is 0.201. The van der Waals surface area contributed by atoms with Gasteiger partial charge in [-0.05, 0) is 25.1 Å². The van der Waals surface area contributed by atoms with Crippen LogP contribution in [0.15, 0.2) is 30.3 Å². The van der Waals surface area contributed by atoms with Crippen LogP contribution < -0.4 is 5.32 Å². The lowest BCUT2D eigenvalue weighted by Gasteiger charge is -2.07. The molecule has 0 bridgehead atoms. The number of nitro benzene ring substituents is 1. The van der Waals surface area contributed by atoms with E-state index in [1.165, 1.54) is 12.1 Å². The molecule has 0 atom stereocenters. The summed E-state index contributed by atoms with van der Waals surface area (Å²) in [5, 5.41) is 13.0. The second-order valence-corrected chi connectivity index (χ2v) is 4.58. The molecule has 1 N–H and O–H groups in total. The molecule has 0 spiro atoms. The molecule has 0 aliphatic heterocycles. The van der Waals surface area contributed by atoms with Gasteiger partial charge in [0.05, 0.1) is 16.7 Å². The molecule has 0 aliphatic rings. The van der Waals surface area contributed by atoms with E-state index in [0.29, 0.717) is 5.69 Å². The van der Waals surface area contributed by atoms with E-state index in [9.17, 15) is 19.3 Å². The van der Waals surface area contributed by atoms with E-state index in [2.05, 4.69) is 10.3 Å². The number of anilines is 1. The molecule has 8 heteroatoms. The van der Waals surface area contributed by atoms with Crippen molar-refractivity contribution in [3.8, 4) is 0 Å². The maximum Gasteiger partial charge on any atom is 0.272 e. The first-order chi connectivity index (χ1) is 9.86. The average molecular weight is 310 g/mol. The summed E-state index contributed by atoms with van der Waals surface area (Å²) in [4.78, 5) is 25.7. The number of hydrogen-bond acceptors (Lipinski definition) is 4. The fourth-order valence-corrected chi connectivity index (χ4v) is 1.92. The predicted octanol–water partition coefficient (Wildman–Crippen LogP) is 3.34. The van der Waals surface area contributed by atoms with Gasteiger partial charge in [0, 0.05) is 17.3 Å². The molecule has 1 heterocycles. The van der Waals surface area contributed by atoms with Crippen LogP contribution in [-0.2, 0) is 0 Å². The number of nitrogens with one attached hydrogen (secondary N) is 1. The Morgan fingerprint density at radius 2 is 2.10 bits per heavy atom. The van der Waals surface area contributed by atoms with Crippen LogP contribution in [0.25, 0.3) is 0 Å². The summed E-state index contributed by atoms with van der Waals surface area (Å²) in [5.74, 6) is -1.48. The van der Waals surface area contributed by atoms with Gasteiger partial charge in [-0.25, -0.2) is 9.37 Å². The largest absolute Gasteiger partial charge is 0.319 e. The molecule has 0 radical (unpaired) electrons. The Bertz CT molecular complexity index is 716. The topological polar surface area (TPSA) is 85.1 Å². The number of pyridine rings is 1. The van der Waals surface area contributed by atoms with Crippen LogP contribution in [0.5, 0.6) is 0 Å². The zero-order valence-electron chi connectivity index (χ0n) is 10.8. The Morgan fingerprint density at radius 3 is 2.67 bits per heavy atom. The molecule has 1 aromatic carbocycles. The van der Waals surface area contributed by atoms with Gasteiger partial charge in [0.2, 0.25) is 0 Å². The van der Waals surface area contributed by atoms with Crippen molar-refractivity contribution < 1.29 is 14.1 Å². The van der Waals surface area contributed by atoms with Crippen molar-refractivity contribution in [3.05, 3.63) is 62.7 Å². The van der Waals surface area contributed by atoms with Crippen LogP contribution in [0.2, 0.25) is 5.15 Å². The number of carbonyl (C=O) groups excluding carboxylic acids is 1. The Labute approximate surface area is 123 Å². The lowest BCUT2D eigenvalue weighted by atomic mass is 10.2. The Hall–Kier alpha value is -2.54. The minimum atomic E-state index is -0.894. The molecule has 0 aliphatic carbocycles. The van der Waals surface area contributed by atoms with E-state index >= 15 is 0 Å². The van der Waals surface area contributed by atoms with Crippen LogP contribution in [0.4, 0.5) is 15.8 Å². The fraction of sp³-hybridized carbons (Fsp3) is 0.0769. The average Bonchev–Trinajstić information content (AvgIpc) is 2.39. The summed E-state index contributed by atoms with van der Waals surface area (Å²) in [6.45, 7) is 1.66. The first-order valence-corrected chi connectivity index (χ1v) is 6.14. The molecule has 6 nitrogen and oxygen atoms in total. The van der Waals surface area contributed by atoms with Crippen molar-refractivity contribution in [2.75, 3.05) is 5.32 Å². The minimum Gasteiger partial charge on any atom is -0.319 e. The molecule has 0 unspecified atom stereocenters. The zero-order chi connectivity index (χ0) is 15.6. The number of nitrogens with zero attached hydrogens (tertiary/aromatic N) is 2. The molecule has 21 heavy (non-hydrogen) atoms. The number of halogens is 2. The van der Waals surface area contributed by atoms with Gasteiger partial charge in [-0.1, -0.05) is 11.6 Å². The second-order valence-electron chi connectivity index (χ2n) is 4.20. The number of rotatable bonds is 3. The van der Waals surface area contributed by atoms with Crippen molar-refractivity contribution in [3.63, 3.8) is 0 Å². The molecule has 108 valence electrons. The quantitative estimate of drug-likeness (QED) is 0.535. The standard InChI is InChI=1S/C13H9ClFN3O3/c1-7-4-8(5-12(14)16-7)13(19)17-11-3-2-9(18(20)21)6-10(11)15/h2-6H,1H3,(H,17,19). The molecular formula is C13H9ClFN3O3. The van der Waals surface area contributed by atoms with E-state index in [4.69, 9.17) is 11.6 Å². The second kappa shape index (κ2) is 5.84. The number of nitro groups is 1. The van der Waals surface area contributed by atoms with Crippen LogP contribution >= 0.6 is 11.6 Å². The molecule has 1 aromatic heterocycles. The van der Waals surface area contributed by atoms with Crippen molar-refractivity contribution in [1.29, 1.82) is 0 Å². The van der Waals surface area contributed by atoms with E-state index in [1.807, 2.05) is 0 Å². The highest BCUT2D eigenvalue weighted by Crippen LogP contribution is 2.21. The third-order valence-electron chi connectivity index (χ3n) is 2.60. The maximum atomic E-state index is 13.7. The summed E-state index contributed by atoms with van der Waals surface area (Å²) >= 11 is 5.74. The molecule has 0 saturated heterocycles. The molecular weight excluding hydrogens is 301 g/mol. The van der Waals surface area contributed by atoms with E-state index in [0.717, 1.165) is 18.2 Å². The smallest absolute Gasteiger partial charge is 0.272 e. The van der Waals surface area contributed by atoms with Gasteiger partial charge in [0.25, 0.3) is 11.6 Å². The van der Waals surface area contributed by atoms with Crippen LogP contribution in [0.3, 0.4) is 0 Å². The molecule has 1 amide bonds. The minimum absolute atomic E-state index is 0.143. The lowest BCUT2D eigenvalue weighted by Crippen LogP contribution is -2.13. The van der Waals surface area contributed by atoms with Crippen LogP contribution in [0, 0.1) is 22.9 Å². The molecule has 2 rings (SSSR count). The maximum absolute atomic E-state index is 13.7. The number of aryl methyl sites for hydroxylation is 1. The van der Waals surface area contributed by atoms with E-state index in [-0.39, 0.29) is 16.4 Å². The number of benzene rings is 1. The van der Waals surface area contributed by atoms with Crippen molar-refractivity contribution in [2.24, 2.45) is 0 Å². The zero-order valence-corrected chi connectivity index (χ0v) is 11.5. The summed E-state index contributed by atoms with van der Waals surface area (Å²) < 4.78 is 13.7. The Balaban J connectivity index is 2.25. The Kier molecular flexibility index (Phi) is 4.13. The lowest BCUT2D eigenvalue weighted by molar-refractivity contribution is -0.385. The first kappa shape index (κ1) is 14.9. The van der Waals surface area contributed by atoms with Crippen molar-refractivity contribution in [2.45, 2.75) is 6.92 Å². The predicted molar refractivity (Wildman–Crippen MR) is 75.0 cm³/mol. The third kappa shape index (κ3) is 3.51. The summed E-state index contributed by atoms with van der Waals surface area (Å²) in [6, 6.07) is 5.79. The molecule has 0 saturated carbocycles. The van der Waals surface area contributed by atoms with Crippen LogP contribution in [-0.4, -0.2) is 15.8 Å². The van der Waals surface area contributed by atoms with Gasteiger partial charge in [-0.2, -0.15) is 0 Å². The monoisotopic (exact) mass is 309 g/mol. The number of carbonyl (C=O) groups is 1. The SMILES string of the molecule is Cc1cc(C(=O)Nc2ccc([N+](=O)[O-])cc2F)cc(Cl)n1. The molecule has 0 fully saturated rings. The highest BCUT2D eigenvalue weighted by atomic mass is 35.5. The van der Waals surface area contributed by atoms with Gasteiger partial charge in [0.1, 0.15) is 5.15 Å². The van der Waals surface area contributed by atoms with Gasteiger partial charge in [-0.3, -0.25) is 14.9 Å². The number of aromatic nitrogens is 1. The van der Waals surface area contributed by atoms with E-state index < -0.39 is 22.3 Å². The highest BCUT2D eigenvalue weighted by Gasteiger charge is 2.14. The van der Waals surface area contributed by atoms with Gasteiger partial charge >= 0.3 is 0 Å². The number of hydrogen-bond donors (Lipinski definition) is 1. The number of non-ortho nitro benzene ring substituents is 1. The number of amides is 1. The first-order valence-electron chi connectivity index (χ1n) is 5.76. The van der Waals surface area contributed by atoms with Crippen molar-refractivity contribution in [1.82, 2.24) is 4.98 Å². The van der Waals surface area contributed by atoms with Gasteiger partial charge in [-0.15, -0.1) is 0 Å². The van der Waals surface area contributed by atoms with Gasteiger partial charge < -0.3 is 5.32 Å². The summed E-state index contributed by atoms with van der Waals surface area (Å²) in [7, 11) is 0. The normalized spacial score (nSPS) is 10.2. The summed E-state index contributed by atoms with van der Waals surface area (Å²) in [6.07, 6.45) is 0. The Morgan fingerprint density at radius 1 is 1.38 bits per heavy atom.